The van der Waals surface area contributed by atoms with E-state index in [1.165, 1.54) is 6.42 Å². The van der Waals surface area contributed by atoms with E-state index in [1.54, 1.807) is 6.20 Å². The molecule has 3 aliphatic rings. The van der Waals surface area contributed by atoms with Crippen LogP contribution in [0, 0.1) is 5.92 Å². The van der Waals surface area contributed by atoms with Crippen molar-refractivity contribution in [1.29, 1.82) is 0 Å². The van der Waals surface area contributed by atoms with Crippen molar-refractivity contribution < 1.29 is 9.59 Å². The van der Waals surface area contributed by atoms with Crippen LogP contribution in [-0.4, -0.2) is 70.3 Å². The number of carbonyl (C=O) groups is 2. The number of pyridine rings is 1. The van der Waals surface area contributed by atoms with E-state index in [2.05, 4.69) is 9.88 Å². The molecule has 6 nitrogen and oxygen atoms in total. The topological polar surface area (TPSA) is 56.8 Å². The molecule has 0 N–H and O–H groups in total. The third-order valence-electron chi connectivity index (χ3n) is 5.87. The first-order valence-corrected chi connectivity index (χ1v) is 9.44. The lowest BCUT2D eigenvalue weighted by Gasteiger charge is -2.39. The summed E-state index contributed by atoms with van der Waals surface area (Å²) < 4.78 is 0. The number of hydrogen-bond acceptors (Lipinski definition) is 4. The lowest BCUT2D eigenvalue weighted by atomic mass is 9.84. The van der Waals surface area contributed by atoms with Crippen molar-refractivity contribution in [3.8, 4) is 0 Å². The van der Waals surface area contributed by atoms with Crippen LogP contribution in [0.3, 0.4) is 0 Å². The Morgan fingerprint density at radius 2 is 1.88 bits per heavy atom. The fraction of sp³-hybridized carbons (Fsp3) is 0.632. The average Bonchev–Trinajstić information content (AvgIpc) is 2.95. The molecule has 2 amide bonds. The number of likely N-dealkylation sites (tertiary alicyclic amines) is 1. The van der Waals surface area contributed by atoms with Gasteiger partial charge in [0.05, 0.1) is 18.3 Å². The summed E-state index contributed by atoms with van der Waals surface area (Å²) in [4.78, 5) is 35.6. The van der Waals surface area contributed by atoms with E-state index in [9.17, 15) is 9.59 Å². The van der Waals surface area contributed by atoms with Crippen LogP contribution >= 0.6 is 0 Å². The first-order chi connectivity index (χ1) is 12.2. The highest BCUT2D eigenvalue weighted by molar-refractivity contribution is 5.84. The van der Waals surface area contributed by atoms with E-state index in [0.29, 0.717) is 12.5 Å². The van der Waals surface area contributed by atoms with Crippen LogP contribution in [0.25, 0.3) is 0 Å². The van der Waals surface area contributed by atoms with Gasteiger partial charge < -0.3 is 9.80 Å². The molecule has 1 saturated carbocycles. The molecule has 0 bridgehead atoms. The van der Waals surface area contributed by atoms with E-state index in [4.69, 9.17) is 0 Å². The maximum atomic E-state index is 12.8. The normalized spacial score (nSPS) is 25.3. The van der Waals surface area contributed by atoms with Crippen molar-refractivity contribution in [1.82, 2.24) is 19.7 Å². The van der Waals surface area contributed by atoms with Gasteiger partial charge in [-0.3, -0.25) is 19.5 Å². The van der Waals surface area contributed by atoms with Crippen molar-refractivity contribution in [2.75, 3.05) is 32.7 Å². The second-order valence-corrected chi connectivity index (χ2v) is 7.37. The first kappa shape index (κ1) is 16.5. The lowest BCUT2D eigenvalue weighted by molar-refractivity contribution is -0.141. The van der Waals surface area contributed by atoms with Crippen molar-refractivity contribution in [3.05, 3.63) is 30.1 Å². The molecule has 1 atom stereocenters. The van der Waals surface area contributed by atoms with Crippen LogP contribution < -0.4 is 0 Å². The molecule has 1 unspecified atom stereocenters. The Bertz CT molecular complexity index is 624. The molecule has 2 aliphatic heterocycles. The molecule has 1 aromatic rings. The molecule has 25 heavy (non-hydrogen) atoms. The van der Waals surface area contributed by atoms with Crippen molar-refractivity contribution >= 4 is 11.8 Å². The van der Waals surface area contributed by atoms with Gasteiger partial charge in [-0.25, -0.2) is 0 Å². The monoisotopic (exact) mass is 342 g/mol. The number of hydrogen-bond donors (Lipinski definition) is 0. The number of carbonyl (C=O) groups excluding carboxylic acids is 2. The van der Waals surface area contributed by atoms with Gasteiger partial charge in [-0.05, 0) is 31.4 Å². The Morgan fingerprint density at radius 1 is 1.08 bits per heavy atom. The standard InChI is InChI=1S/C19H26N4O2/c24-18(15-4-3-5-15)22-12-10-21(11-13-22)17-7-9-23(19(17)25)14-16-6-1-2-8-20-16/h1-2,6,8,15,17H,3-5,7,9-14H2. The van der Waals surface area contributed by atoms with Gasteiger partial charge in [0.15, 0.2) is 0 Å². The highest BCUT2D eigenvalue weighted by Crippen LogP contribution is 2.29. The summed E-state index contributed by atoms with van der Waals surface area (Å²) in [5, 5.41) is 0. The van der Waals surface area contributed by atoms with Gasteiger partial charge in [0, 0.05) is 44.8 Å². The lowest BCUT2D eigenvalue weighted by Crippen LogP contribution is -2.55. The predicted molar refractivity (Wildman–Crippen MR) is 93.6 cm³/mol. The van der Waals surface area contributed by atoms with Crippen LogP contribution in [0.5, 0.6) is 0 Å². The third-order valence-corrected chi connectivity index (χ3v) is 5.87. The maximum absolute atomic E-state index is 12.8. The minimum absolute atomic E-state index is 0.0235. The smallest absolute Gasteiger partial charge is 0.240 e. The maximum Gasteiger partial charge on any atom is 0.240 e. The van der Waals surface area contributed by atoms with Gasteiger partial charge in [0.25, 0.3) is 0 Å². The summed E-state index contributed by atoms with van der Waals surface area (Å²) in [5.41, 5.74) is 0.937. The van der Waals surface area contributed by atoms with Crippen molar-refractivity contribution in [2.45, 2.75) is 38.3 Å². The minimum atomic E-state index is -0.0235. The Balaban J connectivity index is 1.30. The predicted octanol–water partition coefficient (Wildman–Crippen LogP) is 1.13. The van der Waals surface area contributed by atoms with Crippen molar-refractivity contribution in [2.24, 2.45) is 5.92 Å². The summed E-state index contributed by atoms with van der Waals surface area (Å²) >= 11 is 0. The molecule has 3 fully saturated rings. The quantitative estimate of drug-likeness (QED) is 0.823. The largest absolute Gasteiger partial charge is 0.340 e. The van der Waals surface area contributed by atoms with E-state index in [0.717, 1.165) is 57.7 Å². The third kappa shape index (κ3) is 3.40. The SMILES string of the molecule is O=C(C1CCC1)N1CCN(C2CCN(Cc3ccccn3)C2=O)CC1. The zero-order valence-electron chi connectivity index (χ0n) is 14.6. The number of rotatable bonds is 4. The fourth-order valence-corrected chi connectivity index (χ4v) is 4.07. The molecular weight excluding hydrogens is 316 g/mol. The Kier molecular flexibility index (Phi) is 4.70. The zero-order chi connectivity index (χ0) is 17.2. The van der Waals surface area contributed by atoms with E-state index in [1.807, 2.05) is 28.0 Å². The molecule has 134 valence electrons. The summed E-state index contributed by atoms with van der Waals surface area (Å²) in [6.45, 7) is 4.54. The summed E-state index contributed by atoms with van der Waals surface area (Å²) in [6, 6.07) is 5.79. The van der Waals surface area contributed by atoms with Gasteiger partial charge in [0.2, 0.25) is 11.8 Å². The second kappa shape index (κ2) is 7.12. The number of piperazine rings is 1. The Morgan fingerprint density at radius 3 is 2.52 bits per heavy atom. The van der Waals surface area contributed by atoms with E-state index < -0.39 is 0 Å². The van der Waals surface area contributed by atoms with Crippen LogP contribution in [-0.2, 0) is 16.1 Å². The van der Waals surface area contributed by atoms with Gasteiger partial charge >= 0.3 is 0 Å². The molecule has 4 rings (SSSR count). The van der Waals surface area contributed by atoms with Crippen LogP contribution in [0.1, 0.15) is 31.4 Å². The summed E-state index contributed by atoms with van der Waals surface area (Å²) in [6.07, 6.45) is 5.96. The molecular formula is C19H26N4O2. The fourth-order valence-electron chi connectivity index (χ4n) is 4.07. The molecule has 0 aromatic carbocycles. The molecule has 2 saturated heterocycles. The summed E-state index contributed by atoms with van der Waals surface area (Å²) in [7, 11) is 0. The highest BCUT2D eigenvalue weighted by atomic mass is 16.2. The highest BCUT2D eigenvalue weighted by Gasteiger charge is 2.38. The molecule has 0 radical (unpaired) electrons. The first-order valence-electron chi connectivity index (χ1n) is 9.44. The van der Waals surface area contributed by atoms with Gasteiger partial charge in [-0.2, -0.15) is 0 Å². The van der Waals surface area contributed by atoms with E-state index >= 15 is 0 Å². The molecule has 3 heterocycles. The van der Waals surface area contributed by atoms with E-state index in [-0.39, 0.29) is 17.9 Å². The average molecular weight is 342 g/mol. The molecule has 1 aliphatic carbocycles. The molecule has 6 heteroatoms. The van der Waals surface area contributed by atoms with Gasteiger partial charge in [0.1, 0.15) is 0 Å². The summed E-state index contributed by atoms with van der Waals surface area (Å²) in [5.74, 6) is 0.818. The molecule has 0 spiro atoms. The number of aromatic nitrogens is 1. The van der Waals surface area contributed by atoms with Crippen LogP contribution in [0.15, 0.2) is 24.4 Å². The Hall–Kier alpha value is -1.95. The van der Waals surface area contributed by atoms with Gasteiger partial charge in [-0.15, -0.1) is 0 Å². The zero-order valence-corrected chi connectivity index (χ0v) is 14.6. The number of nitrogens with zero attached hydrogens (tertiary/aromatic N) is 4. The minimum Gasteiger partial charge on any atom is -0.340 e. The molecule has 1 aromatic heterocycles. The Labute approximate surface area is 148 Å². The van der Waals surface area contributed by atoms with Crippen LogP contribution in [0.4, 0.5) is 0 Å². The number of amides is 2. The second-order valence-electron chi connectivity index (χ2n) is 7.37. The van der Waals surface area contributed by atoms with Crippen molar-refractivity contribution in [3.63, 3.8) is 0 Å². The van der Waals surface area contributed by atoms with Crippen LogP contribution in [0.2, 0.25) is 0 Å². The van der Waals surface area contributed by atoms with Gasteiger partial charge in [-0.1, -0.05) is 12.5 Å².